The molecular formula is C14H13FN2O2. The molecule has 1 aromatic heterocycles. The smallest absolute Gasteiger partial charge is 0.176 e. The fourth-order valence-electron chi connectivity index (χ4n) is 2.96. The first-order valence-electron chi connectivity index (χ1n) is 6.42. The molecule has 5 heteroatoms. The summed E-state index contributed by atoms with van der Waals surface area (Å²) in [5, 5.41) is 8.62. The fraction of sp³-hybridized carbons (Fsp3) is 0.500. The summed E-state index contributed by atoms with van der Waals surface area (Å²) < 4.78 is 19.2. The second-order valence-electron chi connectivity index (χ2n) is 5.16. The minimum atomic E-state index is -0.733. The number of halogens is 1. The molecule has 2 saturated heterocycles. The number of nitriles is 1. The van der Waals surface area contributed by atoms with Crippen LogP contribution in [0.15, 0.2) is 12.3 Å². The van der Waals surface area contributed by atoms with Crippen molar-refractivity contribution in [2.75, 3.05) is 0 Å². The van der Waals surface area contributed by atoms with E-state index in [0.29, 0.717) is 12.8 Å². The molecule has 2 atom stereocenters. The molecule has 4 nitrogen and oxygen atoms in total. The van der Waals surface area contributed by atoms with E-state index in [0.717, 1.165) is 18.9 Å². The van der Waals surface area contributed by atoms with E-state index in [-0.39, 0.29) is 35.2 Å². The highest BCUT2D eigenvalue weighted by Crippen LogP contribution is 2.37. The number of ketones is 1. The molecule has 2 bridgehead atoms. The number of hydrogen-bond donors (Lipinski definition) is 0. The van der Waals surface area contributed by atoms with Gasteiger partial charge in [0.05, 0.1) is 12.2 Å². The van der Waals surface area contributed by atoms with Gasteiger partial charge in [-0.2, -0.15) is 5.26 Å². The quantitative estimate of drug-likeness (QED) is 0.765. The van der Waals surface area contributed by atoms with Gasteiger partial charge in [0, 0.05) is 17.7 Å². The van der Waals surface area contributed by atoms with Gasteiger partial charge in [0.15, 0.2) is 17.3 Å². The van der Waals surface area contributed by atoms with Gasteiger partial charge >= 0.3 is 0 Å². The Morgan fingerprint density at radius 1 is 1.42 bits per heavy atom. The number of carbonyl (C=O) groups excluding carboxylic acids is 1. The first kappa shape index (κ1) is 12.2. The van der Waals surface area contributed by atoms with Crippen molar-refractivity contribution in [2.45, 2.75) is 37.9 Å². The topological polar surface area (TPSA) is 63.0 Å². The Labute approximate surface area is 110 Å². The first-order chi connectivity index (χ1) is 9.17. The molecule has 3 heterocycles. The minimum absolute atomic E-state index is 0.0870. The van der Waals surface area contributed by atoms with E-state index in [9.17, 15) is 9.18 Å². The molecule has 0 amide bonds. The number of rotatable bonds is 2. The van der Waals surface area contributed by atoms with Crippen LogP contribution in [0.3, 0.4) is 0 Å². The van der Waals surface area contributed by atoms with Gasteiger partial charge in [0.1, 0.15) is 6.07 Å². The number of Topliss-reactive ketones (excluding diaryl/α,β-unsaturated/α-hetero) is 1. The number of nitrogens with zero attached hydrogens (tertiary/aromatic N) is 2. The van der Waals surface area contributed by atoms with Crippen LogP contribution < -0.4 is 0 Å². The third kappa shape index (κ3) is 2.24. The Bertz CT molecular complexity index is 555. The number of fused-ring (bicyclic) bond motifs is 2. The van der Waals surface area contributed by atoms with Gasteiger partial charge < -0.3 is 4.74 Å². The van der Waals surface area contributed by atoms with E-state index in [1.165, 1.54) is 6.20 Å². The van der Waals surface area contributed by atoms with Crippen molar-refractivity contribution in [1.82, 2.24) is 4.98 Å². The second-order valence-corrected chi connectivity index (χ2v) is 5.16. The fourth-order valence-corrected chi connectivity index (χ4v) is 2.96. The normalized spacial score (nSPS) is 28.9. The number of hydrogen-bond acceptors (Lipinski definition) is 4. The first-order valence-corrected chi connectivity index (χ1v) is 6.42. The van der Waals surface area contributed by atoms with Crippen LogP contribution in [0.2, 0.25) is 0 Å². The SMILES string of the molecule is N#Cc1ncc(C(=O)C2CC3CCC(C2)O3)cc1F. The average Bonchev–Trinajstić information content (AvgIpc) is 2.76. The van der Waals surface area contributed by atoms with E-state index < -0.39 is 5.82 Å². The van der Waals surface area contributed by atoms with Crippen molar-refractivity contribution < 1.29 is 13.9 Å². The molecule has 2 aliphatic rings. The summed E-state index contributed by atoms with van der Waals surface area (Å²) in [6.45, 7) is 0. The molecule has 2 unspecified atom stereocenters. The van der Waals surface area contributed by atoms with E-state index in [4.69, 9.17) is 10.00 Å². The molecule has 2 fully saturated rings. The molecule has 0 aromatic carbocycles. The van der Waals surface area contributed by atoms with Crippen LogP contribution in [-0.2, 0) is 4.74 Å². The molecule has 0 aliphatic carbocycles. The van der Waals surface area contributed by atoms with Crippen LogP contribution in [0.5, 0.6) is 0 Å². The predicted octanol–water partition coefficient (Wildman–Crippen LogP) is 2.23. The lowest BCUT2D eigenvalue weighted by Crippen LogP contribution is -2.30. The van der Waals surface area contributed by atoms with Gasteiger partial charge in [-0.3, -0.25) is 4.79 Å². The molecular weight excluding hydrogens is 247 g/mol. The molecule has 2 aliphatic heterocycles. The van der Waals surface area contributed by atoms with Gasteiger partial charge in [-0.25, -0.2) is 9.37 Å². The van der Waals surface area contributed by atoms with E-state index in [2.05, 4.69) is 4.98 Å². The lowest BCUT2D eigenvalue weighted by Gasteiger charge is -2.27. The molecule has 0 radical (unpaired) electrons. The van der Waals surface area contributed by atoms with Crippen molar-refractivity contribution in [3.8, 4) is 6.07 Å². The lowest BCUT2D eigenvalue weighted by molar-refractivity contribution is -0.0149. The van der Waals surface area contributed by atoms with Crippen molar-refractivity contribution >= 4 is 5.78 Å². The highest BCUT2D eigenvalue weighted by molar-refractivity contribution is 5.97. The Balaban J connectivity index is 1.80. The van der Waals surface area contributed by atoms with Crippen LogP contribution in [0.4, 0.5) is 4.39 Å². The van der Waals surface area contributed by atoms with E-state index in [1.54, 1.807) is 6.07 Å². The third-order valence-electron chi connectivity index (χ3n) is 3.89. The summed E-state index contributed by atoms with van der Waals surface area (Å²) in [6.07, 6.45) is 5.06. The zero-order valence-electron chi connectivity index (χ0n) is 10.3. The molecule has 19 heavy (non-hydrogen) atoms. The summed E-state index contributed by atoms with van der Waals surface area (Å²) in [5.74, 6) is -0.931. The largest absolute Gasteiger partial charge is 0.375 e. The Kier molecular flexibility index (Phi) is 3.03. The monoisotopic (exact) mass is 260 g/mol. The average molecular weight is 260 g/mol. The van der Waals surface area contributed by atoms with Gasteiger partial charge in [0.2, 0.25) is 0 Å². The number of carbonyl (C=O) groups is 1. The van der Waals surface area contributed by atoms with Crippen LogP contribution in [0.25, 0.3) is 0 Å². The Morgan fingerprint density at radius 2 is 2.11 bits per heavy atom. The Morgan fingerprint density at radius 3 is 2.68 bits per heavy atom. The van der Waals surface area contributed by atoms with Crippen LogP contribution in [-0.4, -0.2) is 23.0 Å². The van der Waals surface area contributed by atoms with Crippen molar-refractivity contribution in [1.29, 1.82) is 5.26 Å². The van der Waals surface area contributed by atoms with Crippen LogP contribution in [0.1, 0.15) is 41.7 Å². The van der Waals surface area contributed by atoms with Gasteiger partial charge in [-0.15, -0.1) is 0 Å². The lowest BCUT2D eigenvalue weighted by atomic mass is 9.88. The number of aromatic nitrogens is 1. The maximum absolute atomic E-state index is 13.5. The molecule has 3 rings (SSSR count). The van der Waals surface area contributed by atoms with Gasteiger partial charge in [0.25, 0.3) is 0 Å². The third-order valence-corrected chi connectivity index (χ3v) is 3.89. The summed E-state index contributed by atoms with van der Waals surface area (Å²) in [7, 11) is 0. The highest BCUT2D eigenvalue weighted by atomic mass is 19.1. The van der Waals surface area contributed by atoms with Crippen molar-refractivity contribution in [2.24, 2.45) is 5.92 Å². The highest BCUT2D eigenvalue weighted by Gasteiger charge is 2.38. The minimum Gasteiger partial charge on any atom is -0.375 e. The zero-order valence-corrected chi connectivity index (χ0v) is 10.3. The summed E-state index contributed by atoms with van der Waals surface area (Å²) in [5.41, 5.74) is -0.0219. The summed E-state index contributed by atoms with van der Waals surface area (Å²) in [4.78, 5) is 16.0. The van der Waals surface area contributed by atoms with E-state index >= 15 is 0 Å². The van der Waals surface area contributed by atoms with Crippen molar-refractivity contribution in [3.05, 3.63) is 29.3 Å². The maximum Gasteiger partial charge on any atom is 0.176 e. The summed E-state index contributed by atoms with van der Waals surface area (Å²) in [6, 6.07) is 2.76. The predicted molar refractivity (Wildman–Crippen MR) is 63.9 cm³/mol. The maximum atomic E-state index is 13.5. The molecule has 1 aromatic rings. The van der Waals surface area contributed by atoms with Crippen LogP contribution in [0, 0.1) is 23.1 Å². The molecule has 0 N–H and O–H groups in total. The summed E-state index contributed by atoms with van der Waals surface area (Å²) >= 11 is 0. The standard InChI is InChI=1S/C14H13FN2O2/c15-12-5-9(7-17-13(12)6-16)14(18)8-3-10-1-2-11(4-8)19-10/h5,7-8,10-11H,1-4H2. The van der Waals surface area contributed by atoms with Gasteiger partial charge in [-0.1, -0.05) is 0 Å². The van der Waals surface area contributed by atoms with E-state index in [1.807, 2.05) is 0 Å². The van der Waals surface area contributed by atoms with Crippen molar-refractivity contribution in [3.63, 3.8) is 0 Å². The number of ether oxygens (including phenoxy) is 1. The van der Waals surface area contributed by atoms with Crippen LogP contribution >= 0.6 is 0 Å². The number of pyridine rings is 1. The van der Waals surface area contributed by atoms with Gasteiger partial charge in [-0.05, 0) is 31.7 Å². The Hall–Kier alpha value is -1.80. The zero-order chi connectivity index (χ0) is 13.4. The second kappa shape index (κ2) is 4.71. The molecule has 0 saturated carbocycles. The molecule has 0 spiro atoms. The molecule has 98 valence electrons.